The molecular formula is C20H28N4O4. The normalized spacial score (nSPS) is 10.9. The molecule has 0 radical (unpaired) electrons. The molecule has 1 amide bonds. The molecule has 0 bridgehead atoms. The zero-order chi connectivity index (χ0) is 20.8. The van der Waals surface area contributed by atoms with E-state index < -0.39 is 11.2 Å². The van der Waals surface area contributed by atoms with Crippen LogP contribution in [0.1, 0.15) is 41.3 Å². The number of anilines is 2. The summed E-state index contributed by atoms with van der Waals surface area (Å²) in [5.41, 5.74) is 7.34. The molecule has 2 aromatic rings. The van der Waals surface area contributed by atoms with E-state index in [0.717, 1.165) is 24.0 Å². The van der Waals surface area contributed by atoms with Gasteiger partial charge in [-0.25, -0.2) is 4.79 Å². The Balaban J connectivity index is 2.59. The van der Waals surface area contributed by atoms with Gasteiger partial charge >= 0.3 is 5.69 Å². The van der Waals surface area contributed by atoms with Crippen LogP contribution in [0.3, 0.4) is 0 Å². The molecule has 2 rings (SSSR count). The second-order valence-corrected chi connectivity index (χ2v) is 6.75. The summed E-state index contributed by atoms with van der Waals surface area (Å²) in [7, 11) is 1.51. The minimum absolute atomic E-state index is 0.0181. The van der Waals surface area contributed by atoms with Crippen LogP contribution in [0.5, 0.6) is 0 Å². The number of aryl methyl sites for hydroxylation is 2. The van der Waals surface area contributed by atoms with Crippen molar-refractivity contribution < 1.29 is 9.53 Å². The number of aromatic nitrogens is 2. The van der Waals surface area contributed by atoms with Crippen LogP contribution < -0.4 is 21.9 Å². The van der Waals surface area contributed by atoms with E-state index in [1.54, 1.807) is 12.1 Å². The molecular weight excluding hydrogens is 360 g/mol. The molecule has 0 spiro atoms. The van der Waals surface area contributed by atoms with Crippen LogP contribution in [0.2, 0.25) is 0 Å². The fourth-order valence-corrected chi connectivity index (χ4v) is 2.90. The Labute approximate surface area is 163 Å². The molecule has 1 aromatic heterocycles. The number of H-pyrrole nitrogens is 1. The zero-order valence-corrected chi connectivity index (χ0v) is 16.9. The summed E-state index contributed by atoms with van der Waals surface area (Å²) >= 11 is 0. The molecule has 0 saturated heterocycles. The van der Waals surface area contributed by atoms with Crippen molar-refractivity contribution in [2.24, 2.45) is 0 Å². The van der Waals surface area contributed by atoms with Crippen LogP contribution in [0.15, 0.2) is 27.8 Å². The molecule has 1 aromatic carbocycles. The maximum absolute atomic E-state index is 13.2. The standard InChI is InChI=1S/C20H28N4O4/c1-5-6-9-24-17(21)16(18(25)22-20(24)27)23(10-11-28-4)19(26)15-8-7-13(2)14(3)12-15/h7-8,12H,5-6,9-11,21H2,1-4H3,(H,22,25,27). The van der Waals surface area contributed by atoms with E-state index in [9.17, 15) is 14.4 Å². The number of nitrogens with two attached hydrogens (primary N) is 1. The van der Waals surface area contributed by atoms with Crippen molar-refractivity contribution in [3.05, 3.63) is 55.7 Å². The first-order chi connectivity index (χ1) is 13.3. The summed E-state index contributed by atoms with van der Waals surface area (Å²) in [5, 5.41) is 0. The number of methoxy groups -OCH3 is 1. The van der Waals surface area contributed by atoms with Crippen LogP contribution in [0, 0.1) is 13.8 Å². The Morgan fingerprint density at radius 3 is 2.57 bits per heavy atom. The molecule has 0 atom stereocenters. The van der Waals surface area contributed by atoms with E-state index in [0.29, 0.717) is 12.1 Å². The van der Waals surface area contributed by atoms with Crippen molar-refractivity contribution in [1.29, 1.82) is 0 Å². The minimum Gasteiger partial charge on any atom is -0.383 e. The molecule has 3 N–H and O–H groups in total. The van der Waals surface area contributed by atoms with Gasteiger partial charge in [0.05, 0.1) is 6.61 Å². The summed E-state index contributed by atoms with van der Waals surface area (Å²) in [6, 6.07) is 5.34. The van der Waals surface area contributed by atoms with E-state index in [4.69, 9.17) is 10.5 Å². The van der Waals surface area contributed by atoms with Gasteiger partial charge in [-0.1, -0.05) is 19.4 Å². The van der Waals surface area contributed by atoms with Gasteiger partial charge in [0.15, 0.2) is 5.69 Å². The highest BCUT2D eigenvalue weighted by Crippen LogP contribution is 2.21. The molecule has 152 valence electrons. The Morgan fingerprint density at radius 2 is 1.96 bits per heavy atom. The lowest BCUT2D eigenvalue weighted by molar-refractivity contribution is 0.0975. The summed E-state index contributed by atoms with van der Waals surface area (Å²) in [6.07, 6.45) is 1.58. The third-order valence-electron chi connectivity index (χ3n) is 4.74. The quantitative estimate of drug-likeness (QED) is 0.717. The number of nitrogen functional groups attached to an aromatic ring is 1. The number of hydrogen-bond acceptors (Lipinski definition) is 5. The number of benzene rings is 1. The fraction of sp³-hybridized carbons (Fsp3) is 0.450. The van der Waals surface area contributed by atoms with Crippen molar-refractivity contribution in [1.82, 2.24) is 9.55 Å². The summed E-state index contributed by atoms with van der Waals surface area (Å²) in [4.78, 5) is 41.5. The first-order valence-corrected chi connectivity index (χ1v) is 9.32. The predicted molar refractivity (Wildman–Crippen MR) is 110 cm³/mol. The van der Waals surface area contributed by atoms with Crippen LogP contribution >= 0.6 is 0 Å². The van der Waals surface area contributed by atoms with Gasteiger partial charge in [0.25, 0.3) is 11.5 Å². The lowest BCUT2D eigenvalue weighted by atomic mass is 10.1. The van der Waals surface area contributed by atoms with Gasteiger partial charge in [-0.2, -0.15) is 0 Å². The first-order valence-electron chi connectivity index (χ1n) is 9.32. The molecule has 0 aliphatic carbocycles. The molecule has 0 fully saturated rings. The van der Waals surface area contributed by atoms with Gasteiger partial charge in [0, 0.05) is 25.8 Å². The SMILES string of the molecule is CCCCn1c(N)c(N(CCOC)C(=O)c2ccc(C)c(C)c2)c(=O)[nH]c1=O. The lowest BCUT2D eigenvalue weighted by Gasteiger charge is -2.24. The third kappa shape index (κ3) is 4.51. The van der Waals surface area contributed by atoms with Gasteiger partial charge < -0.3 is 10.5 Å². The van der Waals surface area contributed by atoms with Gasteiger partial charge in [-0.3, -0.25) is 24.0 Å². The first kappa shape index (κ1) is 21.4. The van der Waals surface area contributed by atoms with Gasteiger partial charge in [0.2, 0.25) is 0 Å². The fourth-order valence-electron chi connectivity index (χ4n) is 2.90. The molecule has 8 nitrogen and oxygen atoms in total. The summed E-state index contributed by atoms with van der Waals surface area (Å²) in [6.45, 7) is 6.56. The minimum atomic E-state index is -0.691. The van der Waals surface area contributed by atoms with Crippen molar-refractivity contribution in [3.8, 4) is 0 Å². The monoisotopic (exact) mass is 388 g/mol. The molecule has 0 aliphatic heterocycles. The number of hydrogen-bond donors (Lipinski definition) is 2. The average molecular weight is 388 g/mol. The maximum atomic E-state index is 13.2. The summed E-state index contributed by atoms with van der Waals surface area (Å²) < 4.78 is 6.41. The van der Waals surface area contributed by atoms with E-state index in [1.165, 1.54) is 16.6 Å². The lowest BCUT2D eigenvalue weighted by Crippen LogP contribution is -2.42. The Hall–Kier alpha value is -2.87. The van der Waals surface area contributed by atoms with Crippen LogP contribution in [0.25, 0.3) is 0 Å². The van der Waals surface area contributed by atoms with Gasteiger partial charge in [0.1, 0.15) is 5.82 Å². The van der Waals surface area contributed by atoms with Crippen molar-refractivity contribution in [2.45, 2.75) is 40.2 Å². The number of ether oxygens (including phenoxy) is 1. The van der Waals surface area contributed by atoms with Crippen molar-refractivity contribution in [3.63, 3.8) is 0 Å². The largest absolute Gasteiger partial charge is 0.383 e. The Morgan fingerprint density at radius 1 is 1.25 bits per heavy atom. The number of unbranched alkanes of at least 4 members (excludes halogenated alkanes) is 1. The van der Waals surface area contributed by atoms with Crippen LogP contribution in [-0.4, -0.2) is 35.7 Å². The highest BCUT2D eigenvalue weighted by molar-refractivity contribution is 6.07. The second kappa shape index (κ2) is 9.36. The number of nitrogens with zero attached hydrogens (tertiary/aromatic N) is 2. The number of rotatable bonds is 8. The number of amides is 1. The molecule has 0 aliphatic rings. The third-order valence-corrected chi connectivity index (χ3v) is 4.74. The molecule has 1 heterocycles. The van der Waals surface area contributed by atoms with E-state index >= 15 is 0 Å². The zero-order valence-electron chi connectivity index (χ0n) is 16.9. The summed E-state index contributed by atoms with van der Waals surface area (Å²) in [5.74, 6) is -0.395. The smallest absolute Gasteiger partial charge is 0.330 e. The Kier molecular flexibility index (Phi) is 7.17. The highest BCUT2D eigenvalue weighted by atomic mass is 16.5. The number of aromatic amines is 1. The number of nitrogens with one attached hydrogen (secondary N) is 1. The molecule has 0 saturated carbocycles. The molecule has 28 heavy (non-hydrogen) atoms. The average Bonchev–Trinajstić information content (AvgIpc) is 2.65. The predicted octanol–water partition coefficient (Wildman–Crippen LogP) is 1.83. The van der Waals surface area contributed by atoms with E-state index in [-0.39, 0.29) is 30.6 Å². The second-order valence-electron chi connectivity index (χ2n) is 6.75. The van der Waals surface area contributed by atoms with Gasteiger partial charge in [-0.15, -0.1) is 0 Å². The maximum Gasteiger partial charge on any atom is 0.330 e. The van der Waals surface area contributed by atoms with E-state index in [1.807, 2.05) is 26.8 Å². The van der Waals surface area contributed by atoms with Crippen LogP contribution in [-0.2, 0) is 11.3 Å². The van der Waals surface area contributed by atoms with E-state index in [2.05, 4.69) is 4.98 Å². The van der Waals surface area contributed by atoms with Crippen molar-refractivity contribution in [2.75, 3.05) is 30.9 Å². The van der Waals surface area contributed by atoms with Crippen molar-refractivity contribution >= 4 is 17.4 Å². The molecule has 8 heteroatoms. The topological polar surface area (TPSA) is 110 Å². The van der Waals surface area contributed by atoms with Crippen LogP contribution in [0.4, 0.5) is 11.5 Å². The number of carbonyl (C=O) groups excluding carboxylic acids is 1. The van der Waals surface area contributed by atoms with Gasteiger partial charge in [-0.05, 0) is 43.5 Å². The molecule has 0 unspecified atom stereocenters. The Bertz CT molecular complexity index is 962. The number of carbonyl (C=O) groups is 1. The highest BCUT2D eigenvalue weighted by Gasteiger charge is 2.25.